The highest BCUT2D eigenvalue weighted by atomic mass is 35.5. The number of amidine groups is 1. The van der Waals surface area contributed by atoms with E-state index >= 15 is 0 Å². The quantitative estimate of drug-likeness (QED) is 0.273. The van der Waals surface area contributed by atoms with Crippen molar-refractivity contribution in [2.45, 2.75) is 13.5 Å². The Morgan fingerprint density at radius 2 is 1.77 bits per heavy atom. The maximum atomic E-state index is 12.8. The third kappa shape index (κ3) is 5.22. The van der Waals surface area contributed by atoms with Crippen molar-refractivity contribution in [3.05, 3.63) is 111 Å². The Balaban J connectivity index is 1.49. The Labute approximate surface area is 217 Å². The maximum Gasteiger partial charge on any atom is 0.264 e. The molecule has 4 aromatic carbocycles. The lowest BCUT2D eigenvalue weighted by molar-refractivity contribution is -0.115. The smallest absolute Gasteiger partial charge is 0.264 e. The molecule has 4 nitrogen and oxygen atoms in total. The summed E-state index contributed by atoms with van der Waals surface area (Å²) in [5.74, 6) is 0.470. The number of aryl methyl sites for hydroxylation is 1. The molecule has 4 aromatic rings. The third-order valence-corrected chi connectivity index (χ3v) is 7.24. The van der Waals surface area contributed by atoms with E-state index in [4.69, 9.17) is 27.9 Å². The second-order valence-electron chi connectivity index (χ2n) is 8.03. The van der Waals surface area contributed by atoms with Crippen molar-refractivity contribution in [3.63, 3.8) is 0 Å². The maximum absolute atomic E-state index is 12.8. The van der Waals surface area contributed by atoms with Gasteiger partial charge in [0.25, 0.3) is 5.91 Å². The number of rotatable bonds is 5. The molecule has 7 heteroatoms. The van der Waals surface area contributed by atoms with Crippen LogP contribution < -0.4 is 10.1 Å². The lowest BCUT2D eigenvalue weighted by Gasteiger charge is -2.13. The number of ether oxygens (including phenoxy) is 1. The molecule has 0 aromatic heterocycles. The van der Waals surface area contributed by atoms with Gasteiger partial charge in [0, 0.05) is 5.56 Å². The summed E-state index contributed by atoms with van der Waals surface area (Å²) < 4.78 is 6.22. The predicted molar refractivity (Wildman–Crippen MR) is 147 cm³/mol. The van der Waals surface area contributed by atoms with Gasteiger partial charge >= 0.3 is 0 Å². The summed E-state index contributed by atoms with van der Waals surface area (Å²) >= 11 is 13.6. The standard InChI is InChI=1S/C28H20Cl2N2O2S/c1-17-9-11-18(12-10-17)16-34-24-14-13-19-5-2-3-6-20(19)21(24)15-25-27(33)32-28(35-25)31-23-8-4-7-22(29)26(23)30/h2-15H,16H2,1H3,(H,31,32,33)/b25-15+. The van der Waals surface area contributed by atoms with Crippen LogP contribution in [-0.2, 0) is 11.4 Å². The Bertz CT molecular complexity index is 1500. The number of nitrogens with one attached hydrogen (secondary N) is 1. The highest BCUT2D eigenvalue weighted by Gasteiger charge is 2.25. The van der Waals surface area contributed by atoms with Crippen LogP contribution in [0.15, 0.2) is 88.8 Å². The summed E-state index contributed by atoms with van der Waals surface area (Å²) in [7, 11) is 0. The fraction of sp³-hybridized carbons (Fsp3) is 0.0714. The lowest BCUT2D eigenvalue weighted by Crippen LogP contribution is -2.19. The minimum Gasteiger partial charge on any atom is -0.488 e. The average Bonchev–Trinajstić information content (AvgIpc) is 3.21. The number of carbonyl (C=O) groups excluding carboxylic acids is 1. The fourth-order valence-electron chi connectivity index (χ4n) is 3.70. The van der Waals surface area contributed by atoms with Gasteiger partial charge in [0.2, 0.25) is 0 Å². The van der Waals surface area contributed by atoms with Crippen molar-refractivity contribution >= 4 is 68.6 Å². The number of aliphatic imine (C=N–C) groups is 1. The van der Waals surface area contributed by atoms with Gasteiger partial charge in [-0.2, -0.15) is 0 Å². The first kappa shape index (κ1) is 23.5. The summed E-state index contributed by atoms with van der Waals surface area (Å²) in [4.78, 5) is 17.8. The van der Waals surface area contributed by atoms with Crippen LogP contribution >= 0.6 is 35.0 Å². The number of halogens is 2. The molecule has 0 unspecified atom stereocenters. The van der Waals surface area contributed by atoms with E-state index in [9.17, 15) is 4.79 Å². The molecule has 1 saturated heterocycles. The first-order valence-corrected chi connectivity index (χ1v) is 12.5. The lowest BCUT2D eigenvalue weighted by atomic mass is 10.0. The van der Waals surface area contributed by atoms with Crippen molar-refractivity contribution in [3.8, 4) is 5.75 Å². The zero-order valence-electron chi connectivity index (χ0n) is 18.7. The van der Waals surface area contributed by atoms with Gasteiger partial charge in [0.1, 0.15) is 12.4 Å². The summed E-state index contributed by atoms with van der Waals surface area (Å²) in [6.45, 7) is 2.48. The van der Waals surface area contributed by atoms with Gasteiger partial charge in [-0.25, -0.2) is 4.99 Å². The van der Waals surface area contributed by atoms with Crippen LogP contribution in [0.25, 0.3) is 16.8 Å². The normalized spacial score (nSPS) is 15.7. The molecule has 1 aliphatic heterocycles. The molecule has 0 aliphatic carbocycles. The Kier molecular flexibility index (Phi) is 6.82. The molecule has 0 radical (unpaired) electrons. The monoisotopic (exact) mass is 518 g/mol. The molecule has 0 saturated carbocycles. The number of hydrogen-bond donors (Lipinski definition) is 1. The van der Waals surface area contributed by atoms with Gasteiger partial charge in [-0.15, -0.1) is 0 Å². The van der Waals surface area contributed by atoms with E-state index < -0.39 is 0 Å². The van der Waals surface area contributed by atoms with Crippen molar-refractivity contribution in [2.75, 3.05) is 0 Å². The van der Waals surface area contributed by atoms with E-state index in [2.05, 4.69) is 41.5 Å². The van der Waals surface area contributed by atoms with Crippen molar-refractivity contribution < 1.29 is 9.53 Å². The van der Waals surface area contributed by atoms with Crippen LogP contribution in [0.2, 0.25) is 10.0 Å². The largest absolute Gasteiger partial charge is 0.488 e. The number of thioether (sulfide) groups is 1. The molecule has 1 N–H and O–H groups in total. The average molecular weight is 519 g/mol. The number of amides is 1. The summed E-state index contributed by atoms with van der Waals surface area (Å²) in [5, 5.41) is 6.06. The number of carbonyl (C=O) groups is 1. The fourth-order valence-corrected chi connectivity index (χ4v) is 4.85. The molecular weight excluding hydrogens is 499 g/mol. The predicted octanol–water partition coefficient (Wildman–Crippen LogP) is 7.93. The van der Waals surface area contributed by atoms with Gasteiger partial charge in [-0.1, -0.05) is 89.4 Å². The molecule has 1 aliphatic rings. The molecular formula is C28H20Cl2N2O2S. The van der Waals surface area contributed by atoms with Gasteiger partial charge in [0.15, 0.2) is 5.17 Å². The Hall–Kier alpha value is -3.25. The Morgan fingerprint density at radius 3 is 2.60 bits per heavy atom. The molecule has 1 amide bonds. The van der Waals surface area contributed by atoms with Crippen LogP contribution in [0.1, 0.15) is 16.7 Å². The highest BCUT2D eigenvalue weighted by molar-refractivity contribution is 8.18. The molecule has 0 spiro atoms. The van der Waals surface area contributed by atoms with E-state index in [1.165, 1.54) is 17.3 Å². The van der Waals surface area contributed by atoms with E-state index in [0.717, 1.165) is 21.9 Å². The SMILES string of the molecule is Cc1ccc(COc2ccc3ccccc3c2/C=C2/SC(=Nc3cccc(Cl)c3Cl)NC2=O)cc1. The van der Waals surface area contributed by atoms with Crippen LogP contribution in [0.3, 0.4) is 0 Å². The molecule has 35 heavy (non-hydrogen) atoms. The van der Waals surface area contributed by atoms with Gasteiger partial charge in [-0.3, -0.25) is 4.79 Å². The van der Waals surface area contributed by atoms with Gasteiger partial charge in [0.05, 0.1) is 20.6 Å². The summed E-state index contributed by atoms with van der Waals surface area (Å²) in [6, 6.07) is 25.4. The Morgan fingerprint density at radius 1 is 0.971 bits per heavy atom. The van der Waals surface area contributed by atoms with E-state index in [-0.39, 0.29) is 5.91 Å². The molecule has 0 atom stereocenters. The number of hydrogen-bond acceptors (Lipinski definition) is 4. The summed E-state index contributed by atoms with van der Waals surface area (Å²) in [6.07, 6.45) is 1.86. The van der Waals surface area contributed by atoms with Gasteiger partial charge in [-0.05, 0) is 59.3 Å². The summed E-state index contributed by atoms with van der Waals surface area (Å²) in [5.41, 5.74) is 3.61. The molecule has 1 heterocycles. The van der Waals surface area contributed by atoms with E-state index in [1.54, 1.807) is 18.2 Å². The highest BCUT2D eigenvalue weighted by Crippen LogP contribution is 2.37. The van der Waals surface area contributed by atoms with Crippen molar-refractivity contribution in [2.24, 2.45) is 4.99 Å². The first-order valence-electron chi connectivity index (χ1n) is 10.9. The zero-order chi connectivity index (χ0) is 24.4. The minimum atomic E-state index is -0.232. The number of nitrogens with zero attached hydrogens (tertiary/aromatic N) is 1. The van der Waals surface area contributed by atoms with E-state index in [1.807, 2.05) is 42.5 Å². The van der Waals surface area contributed by atoms with Crippen molar-refractivity contribution in [1.82, 2.24) is 5.32 Å². The zero-order valence-corrected chi connectivity index (χ0v) is 21.0. The van der Waals surface area contributed by atoms with E-state index in [0.29, 0.717) is 38.2 Å². The second-order valence-corrected chi connectivity index (χ2v) is 9.84. The van der Waals surface area contributed by atoms with Crippen LogP contribution in [-0.4, -0.2) is 11.1 Å². The van der Waals surface area contributed by atoms with Crippen molar-refractivity contribution in [1.29, 1.82) is 0 Å². The first-order chi connectivity index (χ1) is 17.0. The topological polar surface area (TPSA) is 50.7 Å². The van der Waals surface area contributed by atoms with Gasteiger partial charge < -0.3 is 10.1 Å². The molecule has 5 rings (SSSR count). The number of fused-ring (bicyclic) bond motifs is 1. The number of benzene rings is 4. The third-order valence-electron chi connectivity index (χ3n) is 5.53. The minimum absolute atomic E-state index is 0.232. The second kappa shape index (κ2) is 10.2. The molecule has 0 bridgehead atoms. The molecule has 1 fully saturated rings. The molecule has 174 valence electrons. The van der Waals surface area contributed by atoms with Crippen LogP contribution in [0, 0.1) is 6.92 Å². The van der Waals surface area contributed by atoms with Crippen LogP contribution in [0.4, 0.5) is 5.69 Å². The van der Waals surface area contributed by atoms with Crippen LogP contribution in [0.5, 0.6) is 5.75 Å².